The minimum absolute atomic E-state index is 0.440. The summed E-state index contributed by atoms with van der Waals surface area (Å²) in [6, 6.07) is 4.58. The molecule has 6 nitrogen and oxygen atoms in total. The van der Waals surface area contributed by atoms with Gasteiger partial charge in [-0.2, -0.15) is 0 Å². The van der Waals surface area contributed by atoms with E-state index in [-0.39, 0.29) is 0 Å². The van der Waals surface area contributed by atoms with Crippen LogP contribution in [-0.4, -0.2) is 31.1 Å². The monoisotopic (exact) mass is 471 g/mol. The highest BCUT2D eigenvalue weighted by Gasteiger charge is 2.34. The molecule has 6 heteroatoms. The van der Waals surface area contributed by atoms with Crippen LogP contribution in [0.15, 0.2) is 30.5 Å². The van der Waals surface area contributed by atoms with Gasteiger partial charge in [0.15, 0.2) is 0 Å². The number of hydrogen-bond acceptors (Lipinski definition) is 3. The molecule has 0 radical (unpaired) electrons. The summed E-state index contributed by atoms with van der Waals surface area (Å²) in [5, 5.41) is 5.17. The number of aryl methyl sites for hydroxylation is 1. The summed E-state index contributed by atoms with van der Waals surface area (Å²) in [6.45, 7) is 2.27. The van der Waals surface area contributed by atoms with E-state index in [9.17, 15) is 9.59 Å². The highest BCUT2D eigenvalue weighted by Crippen LogP contribution is 2.35. The van der Waals surface area contributed by atoms with Gasteiger partial charge in [0.2, 0.25) is 0 Å². The number of nitrogens with one attached hydrogen (secondary N) is 2. The Morgan fingerprint density at radius 2 is 1.56 bits per heavy atom. The molecule has 2 N–H and O–H groups in total. The predicted molar refractivity (Wildman–Crippen MR) is 139 cm³/mol. The van der Waals surface area contributed by atoms with E-state index in [0.717, 1.165) is 24.0 Å². The Morgan fingerprint density at radius 1 is 0.971 bits per heavy atom. The lowest BCUT2D eigenvalue weighted by Crippen LogP contribution is -2.50. The molecule has 0 bridgehead atoms. The van der Waals surface area contributed by atoms with Gasteiger partial charge in [-0.05, 0) is 30.5 Å². The Hall–Kier alpha value is -2.50. The van der Waals surface area contributed by atoms with Crippen LogP contribution in [0.2, 0.25) is 0 Å². The van der Waals surface area contributed by atoms with E-state index in [1.165, 1.54) is 89.0 Å². The van der Waals surface area contributed by atoms with Gasteiger partial charge in [0.25, 0.3) is 0 Å². The Labute approximate surface area is 206 Å². The van der Waals surface area contributed by atoms with Crippen molar-refractivity contribution in [3.8, 4) is 5.75 Å². The smallest absolute Gasteiger partial charge is 0.330 e. The van der Waals surface area contributed by atoms with Crippen molar-refractivity contribution in [2.24, 2.45) is 0 Å². The molecule has 0 fully saturated rings. The lowest BCUT2D eigenvalue weighted by atomic mass is 9.93. The van der Waals surface area contributed by atoms with Crippen molar-refractivity contribution in [1.29, 1.82) is 0 Å². The molecule has 34 heavy (non-hydrogen) atoms. The Bertz CT molecular complexity index is 778. The standard InChI is InChI=1S/C28H45N3O3/c1-4-5-6-7-8-9-10-11-12-13-14-15-16-18-23-19-17-20-25(34-3)26(23)24-21-22-30-28(33)31(24)27(32)29-2/h17,19-22,24H,4-16,18H2,1-3H3,(H,29,32)(H,30,33). The number of carbonyl (C=O) groups is 2. The fraction of sp³-hybridized carbons (Fsp3) is 0.643. The molecule has 1 atom stereocenters. The number of hydrogen-bond donors (Lipinski definition) is 2. The molecule has 0 saturated heterocycles. The lowest BCUT2D eigenvalue weighted by Gasteiger charge is -2.32. The Balaban J connectivity index is 1.81. The molecule has 0 aromatic heterocycles. The number of nitrogens with zero attached hydrogens (tertiary/aromatic N) is 1. The Kier molecular flexibility index (Phi) is 13.2. The average molecular weight is 472 g/mol. The molecule has 0 aliphatic carbocycles. The van der Waals surface area contributed by atoms with Crippen LogP contribution >= 0.6 is 0 Å². The number of carbonyl (C=O) groups excluding carboxylic acids is 2. The molecule has 1 aliphatic rings. The third-order valence-corrected chi connectivity index (χ3v) is 6.64. The normalized spacial score (nSPS) is 15.3. The highest BCUT2D eigenvalue weighted by atomic mass is 16.5. The van der Waals surface area contributed by atoms with Crippen molar-refractivity contribution >= 4 is 12.1 Å². The SMILES string of the molecule is CCCCCCCCCCCCCCCc1cccc(OC)c1C1C=CNC(=O)N1C(=O)NC. The molecule has 0 saturated carbocycles. The lowest BCUT2D eigenvalue weighted by molar-refractivity contribution is 0.176. The maximum Gasteiger partial charge on any atom is 0.330 e. The summed E-state index contributed by atoms with van der Waals surface area (Å²) >= 11 is 0. The second-order valence-electron chi connectivity index (χ2n) is 9.20. The van der Waals surface area contributed by atoms with Gasteiger partial charge in [-0.15, -0.1) is 0 Å². The van der Waals surface area contributed by atoms with Gasteiger partial charge in [0.1, 0.15) is 5.75 Å². The topological polar surface area (TPSA) is 70.7 Å². The maximum absolute atomic E-state index is 12.4. The fourth-order valence-corrected chi connectivity index (χ4v) is 4.71. The molecule has 1 aromatic rings. The summed E-state index contributed by atoms with van der Waals surface area (Å²) in [5.74, 6) is 0.699. The zero-order valence-electron chi connectivity index (χ0n) is 21.5. The van der Waals surface area contributed by atoms with Crippen molar-refractivity contribution in [3.05, 3.63) is 41.6 Å². The van der Waals surface area contributed by atoms with Gasteiger partial charge < -0.3 is 15.4 Å². The van der Waals surface area contributed by atoms with Gasteiger partial charge in [-0.1, -0.05) is 96.1 Å². The molecule has 190 valence electrons. The van der Waals surface area contributed by atoms with Gasteiger partial charge in [0, 0.05) is 18.8 Å². The molecule has 1 unspecified atom stereocenters. The molecule has 4 amide bonds. The number of amides is 4. The first-order valence-corrected chi connectivity index (χ1v) is 13.3. The van der Waals surface area contributed by atoms with E-state index in [1.807, 2.05) is 18.2 Å². The second kappa shape index (κ2) is 16.2. The minimum atomic E-state index is -0.498. The van der Waals surface area contributed by atoms with Gasteiger partial charge in [-0.25, -0.2) is 14.5 Å². The third kappa shape index (κ3) is 8.69. The number of imide groups is 1. The van der Waals surface area contributed by atoms with E-state index in [1.54, 1.807) is 13.3 Å². The number of ether oxygens (including phenoxy) is 1. The number of rotatable bonds is 16. The minimum Gasteiger partial charge on any atom is -0.496 e. The third-order valence-electron chi connectivity index (χ3n) is 6.64. The van der Waals surface area contributed by atoms with Crippen LogP contribution in [0.5, 0.6) is 5.75 Å². The highest BCUT2D eigenvalue weighted by molar-refractivity contribution is 5.95. The van der Waals surface area contributed by atoms with Gasteiger partial charge >= 0.3 is 12.1 Å². The van der Waals surface area contributed by atoms with Crippen molar-refractivity contribution in [2.45, 2.75) is 103 Å². The van der Waals surface area contributed by atoms with Gasteiger partial charge in [0.05, 0.1) is 13.2 Å². The molecule has 0 spiro atoms. The van der Waals surface area contributed by atoms with Crippen LogP contribution < -0.4 is 15.4 Å². The second-order valence-corrected chi connectivity index (χ2v) is 9.20. The maximum atomic E-state index is 12.4. The van der Waals surface area contributed by atoms with E-state index in [0.29, 0.717) is 5.75 Å². The van der Waals surface area contributed by atoms with Crippen LogP contribution in [0.1, 0.15) is 108 Å². The van der Waals surface area contributed by atoms with E-state index >= 15 is 0 Å². The van der Waals surface area contributed by atoms with Crippen LogP contribution in [0.25, 0.3) is 0 Å². The first-order valence-electron chi connectivity index (χ1n) is 13.3. The van der Waals surface area contributed by atoms with E-state index in [4.69, 9.17) is 4.74 Å². The molecule has 1 heterocycles. The van der Waals surface area contributed by atoms with Crippen molar-refractivity contribution in [3.63, 3.8) is 0 Å². The van der Waals surface area contributed by atoms with Crippen LogP contribution in [-0.2, 0) is 6.42 Å². The largest absolute Gasteiger partial charge is 0.496 e. The summed E-state index contributed by atoms with van der Waals surface area (Å²) in [7, 11) is 3.16. The Morgan fingerprint density at radius 3 is 2.12 bits per heavy atom. The summed E-state index contributed by atoms with van der Waals surface area (Å²) in [4.78, 5) is 26.1. The van der Waals surface area contributed by atoms with Crippen LogP contribution in [0.3, 0.4) is 0 Å². The summed E-state index contributed by atoms with van der Waals surface area (Å²) in [5.41, 5.74) is 2.01. The van der Waals surface area contributed by atoms with Crippen molar-refractivity contribution in [1.82, 2.24) is 15.5 Å². The number of urea groups is 2. The number of methoxy groups -OCH3 is 1. The zero-order chi connectivity index (χ0) is 24.6. The predicted octanol–water partition coefficient (Wildman–Crippen LogP) is 7.25. The van der Waals surface area contributed by atoms with E-state index < -0.39 is 18.1 Å². The summed E-state index contributed by atoms with van der Waals surface area (Å²) < 4.78 is 5.63. The van der Waals surface area contributed by atoms with Crippen molar-refractivity contribution < 1.29 is 14.3 Å². The van der Waals surface area contributed by atoms with Crippen LogP contribution in [0.4, 0.5) is 9.59 Å². The molecule has 2 rings (SSSR count). The van der Waals surface area contributed by atoms with Gasteiger partial charge in [-0.3, -0.25) is 0 Å². The average Bonchev–Trinajstić information content (AvgIpc) is 2.86. The first-order chi connectivity index (χ1) is 16.6. The molecule has 1 aliphatic heterocycles. The summed E-state index contributed by atoms with van der Waals surface area (Å²) in [6.07, 6.45) is 21.6. The number of benzene rings is 1. The fourth-order valence-electron chi connectivity index (χ4n) is 4.71. The van der Waals surface area contributed by atoms with E-state index in [2.05, 4.69) is 23.6 Å². The van der Waals surface area contributed by atoms with Crippen LogP contribution in [0, 0.1) is 0 Å². The molecule has 1 aromatic carbocycles. The number of unbranched alkanes of at least 4 members (excludes halogenated alkanes) is 12. The van der Waals surface area contributed by atoms with Crippen molar-refractivity contribution in [2.75, 3.05) is 14.2 Å². The quantitative estimate of drug-likeness (QED) is 0.249. The molecular formula is C28H45N3O3. The zero-order valence-corrected chi connectivity index (χ0v) is 21.5. The molecular weight excluding hydrogens is 426 g/mol. The first kappa shape index (κ1) is 27.7.